The lowest BCUT2D eigenvalue weighted by molar-refractivity contribution is -0.137. The van der Waals surface area contributed by atoms with Crippen LogP contribution in [0.15, 0.2) is 30.6 Å². The van der Waals surface area contributed by atoms with Gasteiger partial charge in [0.25, 0.3) is 0 Å². The van der Waals surface area contributed by atoms with Crippen LogP contribution in [0.5, 0.6) is 0 Å². The number of aromatic nitrogens is 3. The summed E-state index contributed by atoms with van der Waals surface area (Å²) in [5.74, 6) is 6.02. The number of pyridine rings is 3. The average molecular weight is 503 g/mol. The Hall–Kier alpha value is -3.22. The third-order valence-corrected chi connectivity index (χ3v) is 6.95. The molecule has 192 valence electrons. The molecule has 0 bridgehead atoms. The zero-order valence-electron chi connectivity index (χ0n) is 19.9. The minimum atomic E-state index is -4.63. The number of rotatable bonds is 5. The van der Waals surface area contributed by atoms with Crippen molar-refractivity contribution in [3.8, 4) is 11.3 Å². The summed E-state index contributed by atoms with van der Waals surface area (Å²) >= 11 is 0. The Bertz CT molecular complexity index is 1270. The van der Waals surface area contributed by atoms with E-state index in [-0.39, 0.29) is 22.7 Å². The molecule has 2 fully saturated rings. The monoisotopic (exact) mass is 502 g/mol. The number of halogens is 3. The summed E-state index contributed by atoms with van der Waals surface area (Å²) in [5, 5.41) is 1.64. The van der Waals surface area contributed by atoms with Crippen molar-refractivity contribution in [3.63, 3.8) is 0 Å². The fourth-order valence-corrected chi connectivity index (χ4v) is 4.96. The van der Waals surface area contributed by atoms with E-state index in [4.69, 9.17) is 22.0 Å². The molecule has 0 unspecified atom stereocenters. The highest BCUT2D eigenvalue weighted by Crippen LogP contribution is 2.37. The lowest BCUT2D eigenvalue weighted by atomic mass is 9.87. The number of anilines is 3. The highest BCUT2D eigenvalue weighted by molar-refractivity contribution is 5.95. The van der Waals surface area contributed by atoms with Crippen LogP contribution in [0.3, 0.4) is 0 Å². The maximum atomic E-state index is 13.4. The molecule has 2 aliphatic rings. The molecule has 36 heavy (non-hydrogen) atoms. The third-order valence-electron chi connectivity index (χ3n) is 6.95. The van der Waals surface area contributed by atoms with E-state index in [1.807, 2.05) is 0 Å². The maximum Gasteiger partial charge on any atom is 0.419 e. The Morgan fingerprint density at radius 3 is 2.50 bits per heavy atom. The number of nitrogens with two attached hydrogens (primary N) is 3. The summed E-state index contributed by atoms with van der Waals surface area (Å²) in [6.07, 6.45) is -0.160. The molecular weight excluding hydrogens is 473 g/mol. The van der Waals surface area contributed by atoms with Gasteiger partial charge in [-0.2, -0.15) is 13.2 Å². The predicted molar refractivity (Wildman–Crippen MR) is 132 cm³/mol. The summed E-state index contributed by atoms with van der Waals surface area (Å²) < 4.78 is 45.5. The summed E-state index contributed by atoms with van der Waals surface area (Å²) in [6, 6.07) is 4.24. The lowest BCUT2D eigenvalue weighted by Gasteiger charge is -2.44. The number of hydrogen-bond acceptors (Lipinski definition) is 9. The fraction of sp³-hybridized carbons (Fsp3) is 0.458. The largest absolute Gasteiger partial charge is 0.419 e. The molecule has 0 radical (unpaired) electrons. The smallest absolute Gasteiger partial charge is 0.396 e. The van der Waals surface area contributed by atoms with Crippen LogP contribution in [0.25, 0.3) is 22.3 Å². The molecule has 0 aromatic carbocycles. The van der Waals surface area contributed by atoms with Crippen molar-refractivity contribution in [1.29, 1.82) is 0 Å². The topological polar surface area (TPSA) is 132 Å². The van der Waals surface area contributed by atoms with Gasteiger partial charge in [0.05, 0.1) is 41.9 Å². The maximum absolute atomic E-state index is 13.4. The molecule has 9 nitrogen and oxygen atoms in total. The molecule has 12 heteroatoms. The molecule has 0 spiro atoms. The van der Waals surface area contributed by atoms with Gasteiger partial charge in [0, 0.05) is 42.9 Å². The van der Waals surface area contributed by atoms with E-state index in [1.165, 1.54) is 12.4 Å². The summed E-state index contributed by atoms with van der Waals surface area (Å²) in [7, 11) is 0. The summed E-state index contributed by atoms with van der Waals surface area (Å²) in [6.45, 7) is 6.60. The van der Waals surface area contributed by atoms with E-state index in [0.717, 1.165) is 51.8 Å². The first-order valence-electron chi connectivity index (χ1n) is 11.8. The predicted octanol–water partition coefficient (Wildman–Crippen LogP) is 3.06. The number of hydrogen-bond donors (Lipinski definition) is 3. The van der Waals surface area contributed by atoms with Gasteiger partial charge in [-0.15, -0.1) is 0 Å². The van der Waals surface area contributed by atoms with Gasteiger partial charge in [-0.05, 0) is 31.0 Å². The number of likely N-dealkylation sites (tertiary alicyclic amines) is 1. The first-order valence-corrected chi connectivity index (χ1v) is 11.8. The number of alkyl halides is 3. The van der Waals surface area contributed by atoms with Crippen LogP contribution in [0.4, 0.5) is 30.4 Å². The van der Waals surface area contributed by atoms with Gasteiger partial charge in [0.1, 0.15) is 17.0 Å². The second-order valence-corrected chi connectivity index (χ2v) is 10.00. The Labute approximate surface area is 206 Å². The van der Waals surface area contributed by atoms with Crippen molar-refractivity contribution in [2.75, 3.05) is 49.3 Å². The quantitative estimate of drug-likeness (QED) is 0.356. The Balaban J connectivity index is 1.43. The summed E-state index contributed by atoms with van der Waals surface area (Å²) in [4.78, 5) is 15.1. The Morgan fingerprint density at radius 2 is 1.86 bits per heavy atom. The summed E-state index contributed by atoms with van der Waals surface area (Å²) in [5.41, 5.74) is 13.2. The standard InChI is InChI=1S/C24H29F3N8O/c1-23(12-36-13-23)11-34-6-4-15(5-7-34)35(30)21-17(28)10-31-19-3-2-18(33-20(19)21)14-8-16(24(25,26)27)22(29)32-9-14/h2-3,8-10,15H,4-7,11-13,28,30H2,1H3,(H2,29,32). The Morgan fingerprint density at radius 1 is 1.14 bits per heavy atom. The highest BCUT2D eigenvalue weighted by atomic mass is 19.4. The molecule has 5 rings (SSSR count). The van der Waals surface area contributed by atoms with Gasteiger partial charge in [-0.3, -0.25) is 4.98 Å². The van der Waals surface area contributed by atoms with Crippen molar-refractivity contribution < 1.29 is 17.9 Å². The van der Waals surface area contributed by atoms with Crippen molar-refractivity contribution in [1.82, 2.24) is 19.9 Å². The zero-order valence-corrected chi connectivity index (χ0v) is 19.9. The number of hydrazine groups is 1. The van der Waals surface area contributed by atoms with Crippen LogP contribution in [0.1, 0.15) is 25.3 Å². The molecule has 3 aromatic rings. The molecule has 5 heterocycles. The number of nitrogens with zero attached hydrogens (tertiary/aromatic N) is 5. The van der Waals surface area contributed by atoms with E-state index in [0.29, 0.717) is 22.4 Å². The molecule has 3 aromatic heterocycles. The van der Waals surface area contributed by atoms with Crippen LogP contribution in [0, 0.1) is 5.41 Å². The molecule has 0 aliphatic carbocycles. The van der Waals surface area contributed by atoms with Crippen molar-refractivity contribution >= 4 is 28.2 Å². The molecule has 0 saturated carbocycles. The second kappa shape index (κ2) is 9.02. The first kappa shape index (κ1) is 24.5. The molecule has 2 aliphatic heterocycles. The van der Waals surface area contributed by atoms with Gasteiger partial charge in [0.15, 0.2) is 0 Å². The van der Waals surface area contributed by atoms with Crippen LogP contribution >= 0.6 is 0 Å². The number of nitrogen functional groups attached to an aromatic ring is 2. The fourth-order valence-electron chi connectivity index (χ4n) is 4.96. The molecule has 0 atom stereocenters. The van der Waals surface area contributed by atoms with Gasteiger partial charge in [-0.1, -0.05) is 6.92 Å². The zero-order chi connectivity index (χ0) is 25.7. The van der Waals surface area contributed by atoms with Gasteiger partial charge >= 0.3 is 6.18 Å². The second-order valence-electron chi connectivity index (χ2n) is 10.00. The van der Waals surface area contributed by atoms with Crippen molar-refractivity contribution in [2.45, 2.75) is 32.0 Å². The third kappa shape index (κ3) is 4.63. The number of fused-ring (bicyclic) bond motifs is 1. The lowest BCUT2D eigenvalue weighted by Crippen LogP contribution is -2.53. The van der Waals surface area contributed by atoms with Crippen molar-refractivity contribution in [2.24, 2.45) is 11.3 Å². The van der Waals surface area contributed by atoms with E-state index in [9.17, 15) is 13.2 Å². The van der Waals surface area contributed by atoms with Gasteiger partial charge in [-0.25, -0.2) is 15.8 Å². The first-order chi connectivity index (χ1) is 17.0. The van der Waals surface area contributed by atoms with E-state index >= 15 is 0 Å². The molecule has 0 amide bonds. The highest BCUT2D eigenvalue weighted by Gasteiger charge is 2.37. The minimum absolute atomic E-state index is 0.0278. The SMILES string of the molecule is CC1(CN2CCC(N(N)c3c(N)cnc4ccc(-c5cnc(N)c(C(F)(F)F)c5)nc34)CC2)COC1. The molecule has 6 N–H and O–H groups in total. The van der Waals surface area contributed by atoms with Crippen LogP contribution in [-0.4, -0.2) is 58.7 Å². The van der Waals surface area contributed by atoms with Crippen LogP contribution in [0.2, 0.25) is 0 Å². The number of ether oxygens (including phenoxy) is 1. The van der Waals surface area contributed by atoms with Gasteiger partial charge < -0.3 is 26.1 Å². The van der Waals surface area contributed by atoms with Crippen LogP contribution in [-0.2, 0) is 10.9 Å². The van der Waals surface area contributed by atoms with E-state index in [2.05, 4.69) is 26.8 Å². The molecule has 2 saturated heterocycles. The normalized spacial score (nSPS) is 18.8. The molecular formula is C24H29F3N8O. The number of piperidine rings is 1. The average Bonchev–Trinajstić information content (AvgIpc) is 2.82. The Kier molecular flexibility index (Phi) is 6.13. The van der Waals surface area contributed by atoms with E-state index in [1.54, 1.807) is 17.1 Å². The van der Waals surface area contributed by atoms with Crippen molar-refractivity contribution in [3.05, 3.63) is 36.2 Å². The van der Waals surface area contributed by atoms with Gasteiger partial charge in [0.2, 0.25) is 0 Å². The van der Waals surface area contributed by atoms with E-state index < -0.39 is 17.6 Å². The van der Waals surface area contributed by atoms with Crippen LogP contribution < -0.4 is 22.3 Å². The minimum Gasteiger partial charge on any atom is -0.396 e.